The first kappa shape index (κ1) is 19.2. The van der Waals surface area contributed by atoms with Gasteiger partial charge in [-0.3, -0.25) is 9.79 Å². The smallest absolute Gasteiger partial charge is 0.225 e. The molecule has 2 saturated carbocycles. The molecule has 6 nitrogen and oxygen atoms in total. The number of pyridine rings is 2. The van der Waals surface area contributed by atoms with E-state index in [0.717, 1.165) is 67.0 Å². The van der Waals surface area contributed by atoms with Crippen molar-refractivity contribution >= 4 is 22.8 Å². The lowest BCUT2D eigenvalue weighted by atomic mass is 9.98. The molecule has 33 heavy (non-hydrogen) atoms. The van der Waals surface area contributed by atoms with Crippen molar-refractivity contribution in [3.63, 3.8) is 0 Å². The molecule has 1 spiro atoms. The number of rotatable bonds is 5. The average molecular weight is 438 g/mol. The van der Waals surface area contributed by atoms with E-state index < -0.39 is 0 Å². The van der Waals surface area contributed by atoms with Crippen molar-refractivity contribution in [3.05, 3.63) is 60.4 Å². The Labute approximate surface area is 193 Å². The maximum Gasteiger partial charge on any atom is 0.225 e. The molecule has 2 aliphatic heterocycles. The molecule has 6 heteroatoms. The zero-order chi connectivity index (χ0) is 22.0. The molecule has 1 amide bonds. The van der Waals surface area contributed by atoms with E-state index in [-0.39, 0.29) is 5.54 Å². The van der Waals surface area contributed by atoms with Crippen molar-refractivity contribution in [1.29, 1.82) is 0 Å². The molecule has 0 bridgehead atoms. The van der Waals surface area contributed by atoms with Gasteiger partial charge in [0.2, 0.25) is 5.91 Å². The summed E-state index contributed by atoms with van der Waals surface area (Å²) in [4.78, 5) is 30.8. The van der Waals surface area contributed by atoms with Gasteiger partial charge in [-0.05, 0) is 49.4 Å². The van der Waals surface area contributed by atoms with Gasteiger partial charge < -0.3 is 9.80 Å². The summed E-state index contributed by atoms with van der Waals surface area (Å²) in [6, 6.07) is 14.9. The number of carbonyl (C=O) groups excluding carboxylic acids is 1. The quantitative estimate of drug-likeness (QED) is 0.610. The van der Waals surface area contributed by atoms with Crippen LogP contribution in [0.3, 0.4) is 0 Å². The number of benzene rings is 1. The second kappa shape index (κ2) is 7.11. The molecule has 1 saturated heterocycles. The van der Waals surface area contributed by atoms with E-state index in [0.29, 0.717) is 17.7 Å². The van der Waals surface area contributed by atoms with Gasteiger partial charge in [-0.2, -0.15) is 0 Å². The van der Waals surface area contributed by atoms with Crippen molar-refractivity contribution in [2.75, 3.05) is 26.2 Å². The third-order valence-electron chi connectivity index (χ3n) is 7.56. The number of carbonyl (C=O) groups is 1. The molecule has 2 aliphatic carbocycles. The van der Waals surface area contributed by atoms with Gasteiger partial charge in [-0.15, -0.1) is 0 Å². The van der Waals surface area contributed by atoms with Crippen LogP contribution in [0, 0.1) is 11.8 Å². The molecule has 166 valence electrons. The lowest BCUT2D eigenvalue weighted by molar-refractivity contribution is -0.139. The lowest BCUT2D eigenvalue weighted by Gasteiger charge is -2.41. The molecular weight excluding hydrogens is 410 g/mol. The number of hydrogen-bond donors (Lipinski definition) is 0. The standard InChI is InChI=1S/C27H27N5O/c33-26(21-7-8-21)31-14-18(15-31)16-32-17-27(9-10-27)30-25(32)20-5-3-19(4-6-20)23-12-22-2-1-11-28-24(22)29-13-23/h1-6,11-13,18,21H,7-10,14-17H2. The third kappa shape index (κ3) is 3.48. The molecule has 0 atom stereocenters. The fourth-order valence-corrected chi connectivity index (χ4v) is 5.27. The Balaban J connectivity index is 1.08. The van der Waals surface area contributed by atoms with Crippen LogP contribution in [-0.2, 0) is 4.79 Å². The number of likely N-dealkylation sites (tertiary alicyclic amines) is 1. The zero-order valence-corrected chi connectivity index (χ0v) is 18.7. The first-order valence-electron chi connectivity index (χ1n) is 12.1. The van der Waals surface area contributed by atoms with Crippen LogP contribution in [0.25, 0.3) is 22.2 Å². The van der Waals surface area contributed by atoms with Crippen LogP contribution in [0.2, 0.25) is 0 Å². The summed E-state index contributed by atoms with van der Waals surface area (Å²) >= 11 is 0. The van der Waals surface area contributed by atoms with E-state index in [2.05, 4.69) is 50.1 Å². The number of aliphatic imine (C=N–C) groups is 1. The van der Waals surface area contributed by atoms with Crippen LogP contribution >= 0.6 is 0 Å². The first-order valence-corrected chi connectivity index (χ1v) is 12.1. The summed E-state index contributed by atoms with van der Waals surface area (Å²) in [5.74, 6) is 2.40. The summed E-state index contributed by atoms with van der Waals surface area (Å²) in [5, 5.41) is 1.05. The highest BCUT2D eigenvalue weighted by Crippen LogP contribution is 2.45. The Bertz CT molecular complexity index is 1270. The van der Waals surface area contributed by atoms with E-state index in [4.69, 9.17) is 4.99 Å². The van der Waals surface area contributed by atoms with E-state index in [1.165, 1.54) is 18.4 Å². The molecule has 4 aliphatic rings. The Kier molecular flexibility index (Phi) is 4.14. The highest BCUT2D eigenvalue weighted by Gasteiger charge is 2.50. The monoisotopic (exact) mass is 437 g/mol. The minimum absolute atomic E-state index is 0.149. The van der Waals surface area contributed by atoms with E-state index in [1.54, 1.807) is 6.20 Å². The molecule has 2 aromatic heterocycles. The van der Waals surface area contributed by atoms with Crippen LogP contribution in [0.15, 0.2) is 59.9 Å². The van der Waals surface area contributed by atoms with Crippen LogP contribution in [-0.4, -0.2) is 63.2 Å². The van der Waals surface area contributed by atoms with Crippen LogP contribution in [0.1, 0.15) is 31.2 Å². The highest BCUT2D eigenvalue weighted by atomic mass is 16.2. The lowest BCUT2D eigenvalue weighted by Crippen LogP contribution is -2.54. The molecule has 3 fully saturated rings. The minimum Gasteiger partial charge on any atom is -0.354 e. The number of amidine groups is 1. The van der Waals surface area contributed by atoms with Crippen LogP contribution < -0.4 is 0 Å². The second-order valence-electron chi connectivity index (χ2n) is 10.3. The largest absolute Gasteiger partial charge is 0.354 e. The van der Waals surface area contributed by atoms with Gasteiger partial charge in [-0.1, -0.05) is 24.3 Å². The minimum atomic E-state index is 0.149. The van der Waals surface area contributed by atoms with E-state index >= 15 is 0 Å². The summed E-state index contributed by atoms with van der Waals surface area (Å²) in [7, 11) is 0. The summed E-state index contributed by atoms with van der Waals surface area (Å²) in [5.41, 5.74) is 4.36. The van der Waals surface area contributed by atoms with Crippen molar-refractivity contribution in [2.24, 2.45) is 16.8 Å². The second-order valence-corrected chi connectivity index (χ2v) is 10.3. The first-order chi connectivity index (χ1) is 16.2. The molecule has 3 aromatic rings. The van der Waals surface area contributed by atoms with Gasteiger partial charge in [0.15, 0.2) is 5.65 Å². The fraction of sp³-hybridized carbons (Fsp3) is 0.407. The highest BCUT2D eigenvalue weighted by molar-refractivity contribution is 6.01. The van der Waals surface area contributed by atoms with Gasteiger partial charge in [0.1, 0.15) is 5.84 Å². The predicted molar refractivity (Wildman–Crippen MR) is 128 cm³/mol. The molecular formula is C27H27N5O. The molecule has 0 radical (unpaired) electrons. The number of hydrogen-bond acceptors (Lipinski definition) is 5. The van der Waals surface area contributed by atoms with Crippen LogP contribution in [0.5, 0.6) is 0 Å². The Hall–Kier alpha value is -3.28. The van der Waals surface area contributed by atoms with Gasteiger partial charge >= 0.3 is 0 Å². The van der Waals surface area contributed by atoms with Crippen molar-refractivity contribution in [3.8, 4) is 11.1 Å². The Morgan fingerprint density at radius 2 is 1.79 bits per heavy atom. The molecule has 4 heterocycles. The molecule has 1 aromatic carbocycles. The maximum atomic E-state index is 12.3. The Morgan fingerprint density at radius 1 is 1.00 bits per heavy atom. The van der Waals surface area contributed by atoms with Crippen molar-refractivity contribution in [2.45, 2.75) is 31.2 Å². The van der Waals surface area contributed by atoms with Crippen molar-refractivity contribution < 1.29 is 4.79 Å². The average Bonchev–Trinajstić information content (AvgIpc) is 3.74. The van der Waals surface area contributed by atoms with E-state index in [9.17, 15) is 4.79 Å². The maximum absolute atomic E-state index is 12.3. The van der Waals surface area contributed by atoms with Gasteiger partial charge in [0, 0.05) is 66.9 Å². The fourth-order valence-electron chi connectivity index (χ4n) is 5.27. The number of aromatic nitrogens is 2. The predicted octanol–water partition coefficient (Wildman–Crippen LogP) is 3.76. The van der Waals surface area contributed by atoms with Gasteiger partial charge in [0.25, 0.3) is 0 Å². The van der Waals surface area contributed by atoms with Gasteiger partial charge in [-0.25, -0.2) is 9.97 Å². The molecule has 0 N–H and O–H groups in total. The third-order valence-corrected chi connectivity index (χ3v) is 7.56. The SMILES string of the molecule is O=C(C1CC1)N1CC(CN2CC3(CC3)N=C2c2ccc(-c3cnc4ncccc4c3)cc2)C1. The zero-order valence-electron chi connectivity index (χ0n) is 18.7. The number of nitrogens with zero attached hydrogens (tertiary/aromatic N) is 5. The normalized spacial score (nSPS) is 21.4. The summed E-state index contributed by atoms with van der Waals surface area (Å²) in [6.45, 7) is 3.85. The summed E-state index contributed by atoms with van der Waals surface area (Å²) in [6.07, 6.45) is 8.24. The molecule has 0 unspecified atom stereocenters. The van der Waals surface area contributed by atoms with Gasteiger partial charge in [0.05, 0.1) is 5.54 Å². The molecule has 7 rings (SSSR count). The van der Waals surface area contributed by atoms with E-state index in [1.807, 2.05) is 18.3 Å². The number of fused-ring (bicyclic) bond motifs is 1. The topological polar surface area (TPSA) is 61.7 Å². The number of amides is 1. The Morgan fingerprint density at radius 3 is 2.55 bits per heavy atom. The van der Waals surface area contributed by atoms with Crippen LogP contribution in [0.4, 0.5) is 0 Å². The summed E-state index contributed by atoms with van der Waals surface area (Å²) < 4.78 is 0. The van der Waals surface area contributed by atoms with Crippen molar-refractivity contribution in [1.82, 2.24) is 19.8 Å².